The Balaban J connectivity index is 2.22. The number of amides is 2. The number of carbonyl (C=O) groups excluding carboxylic acids is 2. The van der Waals surface area contributed by atoms with E-state index < -0.39 is 36.4 Å². The van der Waals surface area contributed by atoms with E-state index in [1.165, 1.54) is 25.1 Å². The van der Waals surface area contributed by atoms with Crippen LogP contribution >= 0.6 is 0 Å². The third-order valence-electron chi connectivity index (χ3n) is 3.31. The van der Waals surface area contributed by atoms with Crippen molar-refractivity contribution >= 4 is 35.1 Å². The fraction of sp³-hybridized carbons (Fsp3) is 0.333. The molecule has 0 aliphatic carbocycles. The maximum Gasteiger partial charge on any atom is 0.323 e. The lowest BCUT2D eigenvalue weighted by Crippen LogP contribution is -2.46. The number of aliphatic carboxylic acids is 2. The number of anilines is 2. The second kappa shape index (κ2) is 6.99. The van der Waals surface area contributed by atoms with Crippen molar-refractivity contribution < 1.29 is 34.1 Å². The highest BCUT2D eigenvalue weighted by Gasteiger charge is 2.33. The van der Waals surface area contributed by atoms with Crippen molar-refractivity contribution in [2.24, 2.45) is 0 Å². The lowest BCUT2D eigenvalue weighted by Gasteiger charge is -2.32. The number of rotatable bonds is 6. The molecule has 1 aromatic carbocycles. The predicted octanol–water partition coefficient (Wildman–Crippen LogP) is 0.688. The summed E-state index contributed by atoms with van der Waals surface area (Å²) in [6.45, 7) is 0.984. The van der Waals surface area contributed by atoms with E-state index in [0.29, 0.717) is 11.4 Å². The van der Waals surface area contributed by atoms with Crippen LogP contribution in [-0.2, 0) is 19.2 Å². The third kappa shape index (κ3) is 4.00. The summed E-state index contributed by atoms with van der Waals surface area (Å²) >= 11 is 0. The largest absolute Gasteiger partial charge is 0.481 e. The lowest BCUT2D eigenvalue weighted by atomic mass is 10.1. The first-order chi connectivity index (χ1) is 11.3. The molecule has 9 heteroatoms. The van der Waals surface area contributed by atoms with E-state index in [0.717, 1.165) is 4.90 Å². The van der Waals surface area contributed by atoms with Gasteiger partial charge in [-0.05, 0) is 25.1 Å². The van der Waals surface area contributed by atoms with Gasteiger partial charge in [-0.15, -0.1) is 0 Å². The molecule has 1 unspecified atom stereocenters. The lowest BCUT2D eigenvalue weighted by molar-refractivity contribution is -0.138. The van der Waals surface area contributed by atoms with Crippen LogP contribution in [0.15, 0.2) is 18.2 Å². The monoisotopic (exact) mass is 336 g/mol. The summed E-state index contributed by atoms with van der Waals surface area (Å²) in [7, 11) is 0. The van der Waals surface area contributed by atoms with Gasteiger partial charge in [0.1, 0.15) is 12.3 Å². The molecular weight excluding hydrogens is 320 g/mol. The molecule has 0 saturated heterocycles. The second-order valence-corrected chi connectivity index (χ2v) is 5.20. The number of carboxylic acids is 2. The molecule has 3 N–H and O–H groups in total. The first kappa shape index (κ1) is 17.3. The van der Waals surface area contributed by atoms with Crippen LogP contribution in [0.3, 0.4) is 0 Å². The third-order valence-corrected chi connectivity index (χ3v) is 3.31. The first-order valence-corrected chi connectivity index (χ1v) is 7.13. The topological polar surface area (TPSA) is 133 Å². The SMILES string of the molecule is CC1Oc2ccc(NC(=O)CCC(=O)O)cc2N(CC(=O)O)C1=O. The number of hydrogen-bond donors (Lipinski definition) is 3. The number of ether oxygens (including phenoxy) is 1. The Bertz CT molecular complexity index is 701. The van der Waals surface area contributed by atoms with E-state index in [2.05, 4.69) is 5.32 Å². The van der Waals surface area contributed by atoms with Gasteiger partial charge in [0, 0.05) is 12.1 Å². The molecule has 1 aromatic rings. The van der Waals surface area contributed by atoms with Crippen LogP contribution in [0.1, 0.15) is 19.8 Å². The van der Waals surface area contributed by atoms with Gasteiger partial charge in [-0.25, -0.2) is 0 Å². The Morgan fingerprint density at radius 1 is 1.21 bits per heavy atom. The van der Waals surface area contributed by atoms with Crippen LogP contribution in [0.2, 0.25) is 0 Å². The van der Waals surface area contributed by atoms with Crippen LogP contribution in [0.25, 0.3) is 0 Å². The Hall–Kier alpha value is -3.10. The second-order valence-electron chi connectivity index (χ2n) is 5.20. The zero-order valence-corrected chi connectivity index (χ0v) is 12.8. The van der Waals surface area contributed by atoms with Crippen LogP contribution in [0, 0.1) is 0 Å². The van der Waals surface area contributed by atoms with Crippen LogP contribution in [-0.4, -0.2) is 46.6 Å². The minimum atomic E-state index is -1.18. The molecular formula is C15H16N2O7. The van der Waals surface area contributed by atoms with Gasteiger partial charge in [-0.1, -0.05) is 0 Å². The van der Waals surface area contributed by atoms with Gasteiger partial charge in [0.25, 0.3) is 5.91 Å². The van der Waals surface area contributed by atoms with Gasteiger partial charge in [0.2, 0.25) is 5.91 Å². The zero-order chi connectivity index (χ0) is 17.9. The first-order valence-electron chi connectivity index (χ1n) is 7.13. The van der Waals surface area contributed by atoms with Crippen molar-refractivity contribution in [3.8, 4) is 5.75 Å². The molecule has 0 saturated carbocycles. The minimum absolute atomic E-state index is 0.197. The molecule has 9 nitrogen and oxygen atoms in total. The molecule has 1 atom stereocenters. The molecule has 0 radical (unpaired) electrons. The number of benzene rings is 1. The highest BCUT2D eigenvalue weighted by Crippen LogP contribution is 2.36. The summed E-state index contributed by atoms with van der Waals surface area (Å²) < 4.78 is 5.42. The number of carboxylic acid groups (broad SMARTS) is 2. The molecule has 0 bridgehead atoms. The van der Waals surface area contributed by atoms with E-state index in [1.54, 1.807) is 0 Å². The Morgan fingerprint density at radius 3 is 2.54 bits per heavy atom. The van der Waals surface area contributed by atoms with Crippen molar-refractivity contribution in [1.29, 1.82) is 0 Å². The van der Waals surface area contributed by atoms with Crippen molar-refractivity contribution in [2.75, 3.05) is 16.8 Å². The van der Waals surface area contributed by atoms with E-state index in [9.17, 15) is 19.2 Å². The van der Waals surface area contributed by atoms with E-state index in [-0.39, 0.29) is 18.5 Å². The number of nitrogens with one attached hydrogen (secondary N) is 1. The summed E-state index contributed by atoms with van der Waals surface area (Å²) in [4.78, 5) is 46.3. The van der Waals surface area contributed by atoms with Crippen molar-refractivity contribution in [3.05, 3.63) is 18.2 Å². The molecule has 2 amide bonds. The van der Waals surface area contributed by atoms with Gasteiger partial charge in [-0.3, -0.25) is 24.1 Å². The molecule has 128 valence electrons. The molecule has 1 heterocycles. The van der Waals surface area contributed by atoms with Crippen molar-refractivity contribution in [2.45, 2.75) is 25.9 Å². The summed E-state index contributed by atoms with van der Waals surface area (Å²) in [6.07, 6.45) is -1.31. The highest BCUT2D eigenvalue weighted by molar-refractivity contribution is 6.03. The van der Waals surface area contributed by atoms with Crippen LogP contribution in [0.4, 0.5) is 11.4 Å². The smallest absolute Gasteiger partial charge is 0.323 e. The van der Waals surface area contributed by atoms with Crippen LogP contribution < -0.4 is 15.0 Å². The van der Waals surface area contributed by atoms with E-state index >= 15 is 0 Å². The number of fused-ring (bicyclic) bond motifs is 1. The van der Waals surface area contributed by atoms with E-state index in [1.807, 2.05) is 0 Å². The zero-order valence-electron chi connectivity index (χ0n) is 12.8. The van der Waals surface area contributed by atoms with Gasteiger partial charge in [0.05, 0.1) is 12.1 Å². The minimum Gasteiger partial charge on any atom is -0.481 e. The van der Waals surface area contributed by atoms with Gasteiger partial charge in [0.15, 0.2) is 6.10 Å². The number of carbonyl (C=O) groups is 4. The fourth-order valence-electron chi connectivity index (χ4n) is 2.23. The van der Waals surface area contributed by atoms with E-state index in [4.69, 9.17) is 14.9 Å². The van der Waals surface area contributed by atoms with Crippen molar-refractivity contribution in [3.63, 3.8) is 0 Å². The van der Waals surface area contributed by atoms with Crippen LogP contribution in [0.5, 0.6) is 5.75 Å². The molecule has 1 aliphatic rings. The predicted molar refractivity (Wildman–Crippen MR) is 82.0 cm³/mol. The summed E-state index contributed by atoms with van der Waals surface area (Å²) in [5.41, 5.74) is 0.544. The average molecular weight is 336 g/mol. The number of hydrogen-bond acceptors (Lipinski definition) is 5. The number of nitrogens with zero attached hydrogens (tertiary/aromatic N) is 1. The molecule has 24 heavy (non-hydrogen) atoms. The fourth-order valence-corrected chi connectivity index (χ4v) is 2.23. The molecule has 2 rings (SSSR count). The summed E-state index contributed by atoms with van der Waals surface area (Å²) in [6, 6.07) is 4.46. The maximum atomic E-state index is 12.1. The normalized spacial score (nSPS) is 16.1. The maximum absolute atomic E-state index is 12.1. The molecule has 0 fully saturated rings. The highest BCUT2D eigenvalue weighted by atomic mass is 16.5. The Kier molecular flexibility index (Phi) is 5.02. The quantitative estimate of drug-likeness (QED) is 0.696. The van der Waals surface area contributed by atoms with Gasteiger partial charge in [-0.2, -0.15) is 0 Å². The standard InChI is InChI=1S/C15H16N2O7/c1-8-15(23)17(7-14(21)22)10-6-9(2-3-11(10)24-8)16-12(18)4-5-13(19)20/h2-3,6,8H,4-5,7H2,1H3,(H,16,18)(H,19,20)(H,21,22). The molecule has 0 aromatic heterocycles. The summed E-state index contributed by atoms with van der Waals surface area (Å²) in [5, 5.41) is 20.0. The average Bonchev–Trinajstić information content (AvgIpc) is 2.50. The van der Waals surface area contributed by atoms with Crippen molar-refractivity contribution in [1.82, 2.24) is 0 Å². The van der Waals surface area contributed by atoms with Gasteiger partial charge >= 0.3 is 11.9 Å². The van der Waals surface area contributed by atoms with Gasteiger partial charge < -0.3 is 20.3 Å². The molecule has 1 aliphatic heterocycles. The Morgan fingerprint density at radius 2 is 1.92 bits per heavy atom. The molecule has 0 spiro atoms. The summed E-state index contributed by atoms with van der Waals surface area (Å²) in [5.74, 6) is -2.94. The Labute approximate surface area is 136 Å².